The summed E-state index contributed by atoms with van der Waals surface area (Å²) < 4.78 is 10.5. The monoisotopic (exact) mass is 283 g/mol. The third-order valence-electron chi connectivity index (χ3n) is 3.54. The number of nitrogens with one attached hydrogen (secondary N) is 1. The minimum atomic E-state index is 0.562. The van der Waals surface area contributed by atoms with Crippen molar-refractivity contribution in [3.8, 4) is 11.8 Å². The summed E-state index contributed by atoms with van der Waals surface area (Å²) in [6, 6.07) is 0.562. The van der Waals surface area contributed by atoms with E-state index in [0.717, 1.165) is 10.8 Å². The first kappa shape index (κ1) is 14.4. The van der Waals surface area contributed by atoms with Crippen LogP contribution in [0.2, 0.25) is 0 Å². The molecular formula is C13H21N3O2S. The van der Waals surface area contributed by atoms with Gasteiger partial charge in [-0.15, -0.1) is 0 Å². The SMILES string of the molecule is COc1ncnc(OC)c1CNC1CCC(SC)C1. The molecule has 0 radical (unpaired) electrons. The number of hydrogen-bond donors (Lipinski definition) is 1. The second-order valence-corrected chi connectivity index (χ2v) is 5.76. The molecule has 1 heterocycles. The fourth-order valence-electron chi connectivity index (χ4n) is 2.47. The second kappa shape index (κ2) is 6.96. The van der Waals surface area contributed by atoms with Crippen LogP contribution >= 0.6 is 11.8 Å². The lowest BCUT2D eigenvalue weighted by Crippen LogP contribution is -2.26. The quantitative estimate of drug-likeness (QED) is 0.860. The van der Waals surface area contributed by atoms with E-state index in [1.165, 1.54) is 25.6 Å². The third-order valence-corrected chi connectivity index (χ3v) is 4.63. The van der Waals surface area contributed by atoms with Crippen molar-refractivity contribution in [3.63, 3.8) is 0 Å². The molecule has 0 amide bonds. The maximum atomic E-state index is 5.27. The highest BCUT2D eigenvalue weighted by Gasteiger charge is 2.24. The Morgan fingerprint density at radius 3 is 2.47 bits per heavy atom. The minimum Gasteiger partial charge on any atom is -0.481 e. The Balaban J connectivity index is 1.99. The van der Waals surface area contributed by atoms with Crippen molar-refractivity contribution in [2.45, 2.75) is 37.1 Å². The van der Waals surface area contributed by atoms with Crippen molar-refractivity contribution in [2.75, 3.05) is 20.5 Å². The Morgan fingerprint density at radius 2 is 1.95 bits per heavy atom. The van der Waals surface area contributed by atoms with Crippen LogP contribution in [0.5, 0.6) is 11.8 Å². The lowest BCUT2D eigenvalue weighted by atomic mass is 10.2. The molecule has 5 nitrogen and oxygen atoms in total. The molecule has 1 aliphatic carbocycles. The lowest BCUT2D eigenvalue weighted by Gasteiger charge is -2.15. The van der Waals surface area contributed by atoms with E-state index in [1.807, 2.05) is 11.8 Å². The molecule has 2 rings (SSSR count). The average molecular weight is 283 g/mol. The van der Waals surface area contributed by atoms with Gasteiger partial charge in [0.2, 0.25) is 11.8 Å². The molecule has 1 aromatic heterocycles. The van der Waals surface area contributed by atoms with Gasteiger partial charge in [0.05, 0.1) is 19.8 Å². The minimum absolute atomic E-state index is 0.562. The Kier molecular flexibility index (Phi) is 5.27. The molecule has 0 bridgehead atoms. The summed E-state index contributed by atoms with van der Waals surface area (Å²) in [5, 5.41) is 4.34. The average Bonchev–Trinajstić information content (AvgIpc) is 2.92. The summed E-state index contributed by atoms with van der Waals surface area (Å²) >= 11 is 1.96. The molecule has 1 aliphatic rings. The number of nitrogens with zero attached hydrogens (tertiary/aromatic N) is 2. The van der Waals surface area contributed by atoms with E-state index >= 15 is 0 Å². The van der Waals surface area contributed by atoms with E-state index in [-0.39, 0.29) is 0 Å². The van der Waals surface area contributed by atoms with Crippen LogP contribution in [-0.2, 0) is 6.54 Å². The van der Waals surface area contributed by atoms with Crippen molar-refractivity contribution in [1.82, 2.24) is 15.3 Å². The molecule has 106 valence electrons. The van der Waals surface area contributed by atoms with Gasteiger partial charge in [0.25, 0.3) is 0 Å². The molecule has 2 unspecified atom stereocenters. The molecule has 0 spiro atoms. The zero-order chi connectivity index (χ0) is 13.7. The zero-order valence-corrected chi connectivity index (χ0v) is 12.5. The van der Waals surface area contributed by atoms with Crippen molar-refractivity contribution >= 4 is 11.8 Å². The topological polar surface area (TPSA) is 56.3 Å². The fourth-order valence-corrected chi connectivity index (χ4v) is 3.27. The molecule has 1 fully saturated rings. The zero-order valence-electron chi connectivity index (χ0n) is 11.7. The van der Waals surface area contributed by atoms with Crippen molar-refractivity contribution in [3.05, 3.63) is 11.9 Å². The van der Waals surface area contributed by atoms with Crippen molar-refractivity contribution in [2.24, 2.45) is 0 Å². The van der Waals surface area contributed by atoms with Crippen molar-refractivity contribution < 1.29 is 9.47 Å². The van der Waals surface area contributed by atoms with E-state index in [2.05, 4.69) is 21.5 Å². The number of aromatic nitrogens is 2. The van der Waals surface area contributed by atoms with E-state index in [1.54, 1.807) is 14.2 Å². The molecule has 19 heavy (non-hydrogen) atoms. The van der Waals surface area contributed by atoms with Crippen LogP contribution < -0.4 is 14.8 Å². The second-order valence-electron chi connectivity index (χ2n) is 4.62. The highest BCUT2D eigenvalue weighted by atomic mass is 32.2. The number of hydrogen-bond acceptors (Lipinski definition) is 6. The molecular weight excluding hydrogens is 262 g/mol. The first-order valence-corrected chi connectivity index (χ1v) is 7.75. The van der Waals surface area contributed by atoms with Crippen LogP contribution in [0.3, 0.4) is 0 Å². The van der Waals surface area contributed by atoms with Gasteiger partial charge in [-0.2, -0.15) is 11.8 Å². The summed E-state index contributed by atoms with van der Waals surface area (Å²) in [7, 11) is 3.23. The standard InChI is InChI=1S/C13H21N3O2S/c1-17-12-11(13(18-2)16-8-15-12)7-14-9-4-5-10(6-9)19-3/h8-10,14H,4-7H2,1-3H3. The molecule has 1 saturated carbocycles. The first-order chi connectivity index (χ1) is 9.28. The smallest absolute Gasteiger partial charge is 0.224 e. The van der Waals surface area contributed by atoms with Gasteiger partial charge >= 0.3 is 0 Å². The first-order valence-electron chi connectivity index (χ1n) is 6.46. The highest BCUT2D eigenvalue weighted by Crippen LogP contribution is 2.29. The number of thioether (sulfide) groups is 1. The molecule has 2 atom stereocenters. The normalized spacial score (nSPS) is 22.5. The van der Waals surface area contributed by atoms with E-state index in [0.29, 0.717) is 24.3 Å². The van der Waals surface area contributed by atoms with Gasteiger partial charge < -0.3 is 14.8 Å². The van der Waals surface area contributed by atoms with Gasteiger partial charge in [-0.1, -0.05) is 0 Å². The maximum absolute atomic E-state index is 5.27. The molecule has 1 aromatic rings. The van der Waals surface area contributed by atoms with Gasteiger partial charge in [0.1, 0.15) is 6.33 Å². The summed E-state index contributed by atoms with van der Waals surface area (Å²) in [6.07, 6.45) is 7.38. The third kappa shape index (κ3) is 3.51. The predicted octanol–water partition coefficient (Wildman–Crippen LogP) is 1.87. The number of ether oxygens (including phenoxy) is 2. The molecule has 0 aliphatic heterocycles. The Morgan fingerprint density at radius 1 is 1.26 bits per heavy atom. The van der Waals surface area contributed by atoms with Crippen LogP contribution in [0.25, 0.3) is 0 Å². The van der Waals surface area contributed by atoms with Gasteiger partial charge in [0.15, 0.2) is 0 Å². The van der Waals surface area contributed by atoms with Gasteiger partial charge in [-0.3, -0.25) is 0 Å². The summed E-state index contributed by atoms with van der Waals surface area (Å²) in [6.45, 7) is 0.680. The summed E-state index contributed by atoms with van der Waals surface area (Å²) in [5.41, 5.74) is 0.889. The number of methoxy groups -OCH3 is 2. The molecule has 6 heteroatoms. The number of rotatable bonds is 6. The van der Waals surface area contributed by atoms with Crippen molar-refractivity contribution in [1.29, 1.82) is 0 Å². The fraction of sp³-hybridized carbons (Fsp3) is 0.692. The molecule has 0 saturated heterocycles. The molecule has 0 aromatic carbocycles. The Bertz CT molecular complexity index is 395. The Labute approximate surface area is 118 Å². The van der Waals surface area contributed by atoms with E-state index in [9.17, 15) is 0 Å². The van der Waals surface area contributed by atoms with Crippen LogP contribution in [0, 0.1) is 0 Å². The maximum Gasteiger partial charge on any atom is 0.224 e. The van der Waals surface area contributed by atoms with Crippen LogP contribution in [-0.4, -0.2) is 41.7 Å². The highest BCUT2D eigenvalue weighted by molar-refractivity contribution is 7.99. The molecule has 1 N–H and O–H groups in total. The van der Waals surface area contributed by atoms with E-state index in [4.69, 9.17) is 9.47 Å². The van der Waals surface area contributed by atoms with E-state index < -0.39 is 0 Å². The van der Waals surface area contributed by atoms with Gasteiger partial charge in [0, 0.05) is 17.8 Å². The van der Waals surface area contributed by atoms with Crippen LogP contribution in [0.15, 0.2) is 6.33 Å². The predicted molar refractivity (Wildman–Crippen MR) is 76.9 cm³/mol. The Hall–Kier alpha value is -1.01. The lowest BCUT2D eigenvalue weighted by molar-refractivity contribution is 0.356. The summed E-state index contributed by atoms with van der Waals surface area (Å²) in [5.74, 6) is 1.16. The van der Waals surface area contributed by atoms with Gasteiger partial charge in [-0.25, -0.2) is 9.97 Å². The van der Waals surface area contributed by atoms with Crippen LogP contribution in [0.4, 0.5) is 0 Å². The largest absolute Gasteiger partial charge is 0.481 e. The van der Waals surface area contributed by atoms with Crippen LogP contribution in [0.1, 0.15) is 24.8 Å². The van der Waals surface area contributed by atoms with Gasteiger partial charge in [-0.05, 0) is 25.5 Å². The summed E-state index contributed by atoms with van der Waals surface area (Å²) in [4.78, 5) is 8.25.